The molecule has 0 aromatic carbocycles. The van der Waals surface area contributed by atoms with Crippen LogP contribution >= 0.6 is 0 Å². The summed E-state index contributed by atoms with van der Waals surface area (Å²) in [5, 5.41) is 0. The van der Waals surface area contributed by atoms with Crippen molar-refractivity contribution in [3.05, 3.63) is 0 Å². The van der Waals surface area contributed by atoms with Gasteiger partial charge in [-0.2, -0.15) is 4.99 Å². The van der Waals surface area contributed by atoms with Crippen LogP contribution in [0, 0.1) is 0 Å². The average Bonchev–Trinajstić information content (AvgIpc) is 2.53. The van der Waals surface area contributed by atoms with Crippen molar-refractivity contribution in [1.82, 2.24) is 0 Å². The Bertz CT molecular complexity index is 259. The van der Waals surface area contributed by atoms with E-state index in [4.69, 9.17) is 14.2 Å². The maximum atomic E-state index is 10.8. The number of ether oxygens (including phenoxy) is 3. The summed E-state index contributed by atoms with van der Waals surface area (Å²) >= 11 is 0. The van der Waals surface area contributed by atoms with Crippen LogP contribution in [0.2, 0.25) is 0 Å². The van der Waals surface area contributed by atoms with Gasteiger partial charge < -0.3 is 14.2 Å². The fourth-order valence-electron chi connectivity index (χ4n) is 1.84. The average molecular weight is 315 g/mol. The highest BCUT2D eigenvalue weighted by Gasteiger charge is 2.31. The van der Waals surface area contributed by atoms with E-state index in [2.05, 4.69) is 25.8 Å². The summed E-state index contributed by atoms with van der Waals surface area (Å²) in [5.41, 5.74) is -0.767. The van der Waals surface area contributed by atoms with E-state index in [9.17, 15) is 4.79 Å². The van der Waals surface area contributed by atoms with E-state index in [1.165, 1.54) is 0 Å². The maximum absolute atomic E-state index is 10.8. The van der Waals surface area contributed by atoms with Gasteiger partial charge in [-0.25, -0.2) is 4.79 Å². The molecule has 0 spiro atoms. The molecule has 0 aliphatic carbocycles. The Balaban J connectivity index is 4.50. The minimum absolute atomic E-state index is 0.334. The van der Waals surface area contributed by atoms with Crippen molar-refractivity contribution in [2.45, 2.75) is 64.8 Å². The lowest BCUT2D eigenvalue weighted by Crippen LogP contribution is -2.43. The Hall–Kier alpha value is -0.740. The number of isocyanates is 1. The number of carbonyl (C=O) groups excluding carboxylic acids is 1. The Morgan fingerprint density at radius 3 is 1.41 bits per heavy atom. The van der Waals surface area contributed by atoms with Crippen LogP contribution in [0.1, 0.15) is 59.3 Å². The molecule has 0 saturated heterocycles. The lowest BCUT2D eigenvalue weighted by Gasteiger charge is -2.27. The predicted molar refractivity (Wildman–Crippen MR) is 88.0 cm³/mol. The van der Waals surface area contributed by atoms with Crippen molar-refractivity contribution < 1.29 is 19.0 Å². The van der Waals surface area contributed by atoms with Gasteiger partial charge in [0.05, 0.1) is 19.8 Å². The zero-order valence-electron chi connectivity index (χ0n) is 14.6. The van der Waals surface area contributed by atoms with Gasteiger partial charge in [0.15, 0.2) is 0 Å². The van der Waals surface area contributed by atoms with Crippen molar-refractivity contribution in [3.63, 3.8) is 0 Å². The molecule has 0 aliphatic heterocycles. The summed E-state index contributed by atoms with van der Waals surface area (Å²) in [6.07, 6.45) is 7.87. The fourth-order valence-corrected chi connectivity index (χ4v) is 1.84. The first-order valence-corrected chi connectivity index (χ1v) is 8.57. The quantitative estimate of drug-likeness (QED) is 0.248. The van der Waals surface area contributed by atoms with Crippen LogP contribution in [0.25, 0.3) is 0 Å². The molecule has 0 saturated carbocycles. The first-order chi connectivity index (χ1) is 10.7. The molecule has 5 heteroatoms. The van der Waals surface area contributed by atoms with Crippen molar-refractivity contribution in [2.24, 2.45) is 4.99 Å². The number of hydrogen-bond acceptors (Lipinski definition) is 5. The molecule has 0 aliphatic rings. The molecule has 0 aromatic rings. The van der Waals surface area contributed by atoms with Crippen LogP contribution in [0.3, 0.4) is 0 Å². The second-order valence-corrected chi connectivity index (χ2v) is 5.65. The molecule has 0 N–H and O–H groups in total. The van der Waals surface area contributed by atoms with Crippen molar-refractivity contribution in [1.29, 1.82) is 0 Å². The number of aliphatic imine (C=N–C) groups is 1. The molecule has 0 rings (SSSR count). The van der Waals surface area contributed by atoms with E-state index in [-0.39, 0.29) is 0 Å². The molecule has 0 amide bonds. The summed E-state index contributed by atoms with van der Waals surface area (Å²) in [6, 6.07) is 0. The third-order valence-electron chi connectivity index (χ3n) is 3.32. The van der Waals surface area contributed by atoms with Gasteiger partial charge in [0.25, 0.3) is 0 Å². The molecule has 0 atom stereocenters. The summed E-state index contributed by atoms with van der Waals surface area (Å²) in [6.45, 7) is 9.33. The van der Waals surface area contributed by atoms with Crippen LogP contribution < -0.4 is 0 Å². The van der Waals surface area contributed by atoms with Crippen LogP contribution in [0.15, 0.2) is 4.99 Å². The second kappa shape index (κ2) is 15.2. The Morgan fingerprint density at radius 2 is 1.14 bits per heavy atom. The van der Waals surface area contributed by atoms with Gasteiger partial charge in [-0.15, -0.1) is 0 Å². The molecular formula is C17H33NO4. The first kappa shape index (κ1) is 21.3. The summed E-state index contributed by atoms with van der Waals surface area (Å²) in [5.74, 6) is 0. The lowest BCUT2D eigenvalue weighted by molar-refractivity contribution is -0.0228. The van der Waals surface area contributed by atoms with E-state index >= 15 is 0 Å². The summed E-state index contributed by atoms with van der Waals surface area (Å²) in [4.78, 5) is 14.8. The normalized spacial score (nSPS) is 11.4. The van der Waals surface area contributed by atoms with E-state index in [0.29, 0.717) is 39.6 Å². The molecule has 0 bridgehead atoms. The molecular weight excluding hydrogens is 282 g/mol. The minimum Gasteiger partial charge on any atom is -0.379 e. The highest BCUT2D eigenvalue weighted by atomic mass is 16.5. The highest BCUT2D eigenvalue weighted by molar-refractivity contribution is 5.35. The molecule has 0 radical (unpaired) electrons. The van der Waals surface area contributed by atoms with Crippen LogP contribution in [0.4, 0.5) is 0 Å². The second-order valence-electron chi connectivity index (χ2n) is 5.65. The smallest absolute Gasteiger partial charge is 0.235 e. The van der Waals surface area contributed by atoms with Crippen LogP contribution in [-0.4, -0.2) is 51.3 Å². The van der Waals surface area contributed by atoms with E-state index in [1.807, 2.05) is 0 Å². The number of rotatable bonds is 16. The summed E-state index contributed by atoms with van der Waals surface area (Å²) < 4.78 is 17.0. The van der Waals surface area contributed by atoms with Gasteiger partial charge in [0, 0.05) is 19.8 Å². The molecule has 22 heavy (non-hydrogen) atoms. The molecule has 130 valence electrons. The molecule has 0 fully saturated rings. The number of nitrogens with zero attached hydrogens (tertiary/aromatic N) is 1. The van der Waals surface area contributed by atoms with E-state index in [1.54, 1.807) is 6.08 Å². The molecule has 5 nitrogen and oxygen atoms in total. The Kier molecular flexibility index (Phi) is 14.7. The van der Waals surface area contributed by atoms with Gasteiger partial charge in [0.1, 0.15) is 5.54 Å². The van der Waals surface area contributed by atoms with Crippen LogP contribution in [-0.2, 0) is 19.0 Å². The SMILES string of the molecule is CCCCOCC(COCCCC)(COCCCC)N=C=O. The van der Waals surface area contributed by atoms with E-state index < -0.39 is 5.54 Å². The van der Waals surface area contributed by atoms with Gasteiger partial charge in [-0.3, -0.25) is 0 Å². The predicted octanol–water partition coefficient (Wildman–Crippen LogP) is 3.51. The van der Waals surface area contributed by atoms with Crippen molar-refractivity contribution in [2.75, 3.05) is 39.6 Å². The third kappa shape index (κ3) is 10.9. The van der Waals surface area contributed by atoms with Crippen LogP contribution in [0.5, 0.6) is 0 Å². The van der Waals surface area contributed by atoms with Gasteiger partial charge >= 0.3 is 0 Å². The largest absolute Gasteiger partial charge is 0.379 e. The van der Waals surface area contributed by atoms with E-state index in [0.717, 1.165) is 38.5 Å². The Morgan fingerprint density at radius 1 is 0.773 bits per heavy atom. The number of hydrogen-bond donors (Lipinski definition) is 0. The van der Waals surface area contributed by atoms with Gasteiger partial charge in [-0.05, 0) is 19.3 Å². The van der Waals surface area contributed by atoms with Gasteiger partial charge in [0.2, 0.25) is 6.08 Å². The number of unbranched alkanes of at least 4 members (excludes halogenated alkanes) is 3. The molecule has 0 heterocycles. The van der Waals surface area contributed by atoms with Crippen molar-refractivity contribution in [3.8, 4) is 0 Å². The minimum atomic E-state index is -0.767. The first-order valence-electron chi connectivity index (χ1n) is 8.57. The fraction of sp³-hybridized carbons (Fsp3) is 0.941. The highest BCUT2D eigenvalue weighted by Crippen LogP contribution is 2.15. The standard InChI is InChI=1S/C17H33NO4/c1-4-7-10-20-13-17(18-16-19,14-21-11-8-5-2)15-22-12-9-6-3/h4-15H2,1-3H3. The summed E-state index contributed by atoms with van der Waals surface area (Å²) in [7, 11) is 0. The maximum Gasteiger partial charge on any atom is 0.235 e. The zero-order valence-corrected chi connectivity index (χ0v) is 14.6. The topological polar surface area (TPSA) is 57.1 Å². The van der Waals surface area contributed by atoms with Crippen molar-refractivity contribution >= 4 is 6.08 Å². The lowest BCUT2D eigenvalue weighted by atomic mass is 10.0. The van der Waals surface area contributed by atoms with Gasteiger partial charge in [-0.1, -0.05) is 40.0 Å². The molecule has 0 aromatic heterocycles. The third-order valence-corrected chi connectivity index (χ3v) is 3.32. The Labute approximate surface area is 135 Å². The zero-order chi connectivity index (χ0) is 16.5. The molecule has 0 unspecified atom stereocenters. The monoisotopic (exact) mass is 315 g/mol.